The van der Waals surface area contributed by atoms with E-state index in [0.29, 0.717) is 10.9 Å². The molecule has 0 aliphatic heterocycles. The Morgan fingerprint density at radius 1 is 0.818 bits per heavy atom. The van der Waals surface area contributed by atoms with Crippen LogP contribution in [0.15, 0.2) is 42.5 Å². The van der Waals surface area contributed by atoms with Crippen molar-refractivity contribution in [2.45, 2.75) is 17.7 Å². The van der Waals surface area contributed by atoms with E-state index in [2.05, 4.69) is 15.9 Å². The Kier molecular flexibility index (Phi) is 4.56. The molecule has 0 N–H and O–H groups in total. The van der Waals surface area contributed by atoms with Crippen LogP contribution < -0.4 is 0 Å². The van der Waals surface area contributed by atoms with Crippen LogP contribution >= 0.6 is 15.9 Å². The van der Waals surface area contributed by atoms with Gasteiger partial charge in [0.1, 0.15) is 0 Å². The van der Waals surface area contributed by atoms with Crippen LogP contribution in [0.1, 0.15) is 16.7 Å². The lowest BCUT2D eigenvalue weighted by molar-refractivity contribution is -0.137. The van der Waals surface area contributed by atoms with E-state index >= 15 is 0 Å². The van der Waals surface area contributed by atoms with Gasteiger partial charge in [-0.05, 0) is 41.0 Å². The summed E-state index contributed by atoms with van der Waals surface area (Å²) in [5.41, 5.74) is -1.79. The fourth-order valence-corrected chi connectivity index (χ4v) is 2.37. The number of benzene rings is 2. The SMILES string of the molecule is FC(F)(F)c1cccc(-c2cc(CBr)ccc2C(F)(F)F)c1. The number of alkyl halides is 7. The first-order valence-corrected chi connectivity index (χ1v) is 7.19. The van der Waals surface area contributed by atoms with Crippen LogP contribution in [0.3, 0.4) is 0 Å². The van der Waals surface area contributed by atoms with Gasteiger partial charge in [0.25, 0.3) is 0 Å². The first-order valence-electron chi connectivity index (χ1n) is 6.06. The molecule has 0 fully saturated rings. The molecule has 0 amide bonds. The van der Waals surface area contributed by atoms with Crippen LogP contribution in [0.5, 0.6) is 0 Å². The van der Waals surface area contributed by atoms with Gasteiger partial charge in [0.2, 0.25) is 0 Å². The van der Waals surface area contributed by atoms with Crippen LogP contribution in [-0.2, 0) is 17.7 Å². The van der Waals surface area contributed by atoms with E-state index in [0.717, 1.165) is 24.3 Å². The zero-order valence-corrected chi connectivity index (χ0v) is 12.5. The molecule has 22 heavy (non-hydrogen) atoms. The third-order valence-electron chi connectivity index (χ3n) is 3.04. The first kappa shape index (κ1) is 16.9. The van der Waals surface area contributed by atoms with Crippen molar-refractivity contribution >= 4 is 15.9 Å². The molecular weight excluding hydrogens is 374 g/mol. The van der Waals surface area contributed by atoms with Crippen LogP contribution in [0.4, 0.5) is 26.3 Å². The van der Waals surface area contributed by atoms with Crippen LogP contribution in [0.2, 0.25) is 0 Å². The Bertz CT molecular complexity index is 672. The van der Waals surface area contributed by atoms with Crippen molar-refractivity contribution in [3.63, 3.8) is 0 Å². The maximum absolute atomic E-state index is 13.1. The molecule has 7 heteroatoms. The molecule has 0 unspecified atom stereocenters. The molecule has 0 aliphatic rings. The third-order valence-corrected chi connectivity index (χ3v) is 3.69. The maximum Gasteiger partial charge on any atom is 0.417 e. The summed E-state index contributed by atoms with van der Waals surface area (Å²) < 4.78 is 77.4. The molecule has 0 nitrogen and oxygen atoms in total. The van der Waals surface area contributed by atoms with Gasteiger partial charge >= 0.3 is 12.4 Å². The molecule has 2 aromatic carbocycles. The number of halogens is 7. The second-order valence-corrected chi connectivity index (χ2v) is 5.15. The molecule has 2 rings (SSSR count). The maximum atomic E-state index is 13.1. The van der Waals surface area contributed by atoms with Crippen LogP contribution in [-0.4, -0.2) is 0 Å². The van der Waals surface area contributed by atoms with Crippen molar-refractivity contribution in [3.8, 4) is 11.1 Å². The quantitative estimate of drug-likeness (QED) is 0.423. The van der Waals surface area contributed by atoms with Crippen molar-refractivity contribution in [2.24, 2.45) is 0 Å². The molecule has 0 heterocycles. The van der Waals surface area contributed by atoms with Crippen molar-refractivity contribution in [1.82, 2.24) is 0 Å². The summed E-state index contributed by atoms with van der Waals surface area (Å²) in [7, 11) is 0. The predicted molar refractivity (Wildman–Crippen MR) is 74.5 cm³/mol. The van der Waals surface area contributed by atoms with Crippen molar-refractivity contribution < 1.29 is 26.3 Å². The summed E-state index contributed by atoms with van der Waals surface area (Å²) in [5, 5.41) is 0.303. The van der Waals surface area contributed by atoms with E-state index in [1.807, 2.05) is 0 Å². The molecular formula is C15H9BrF6. The minimum absolute atomic E-state index is 0.120. The van der Waals surface area contributed by atoms with Gasteiger partial charge in [0.05, 0.1) is 11.1 Å². The predicted octanol–water partition coefficient (Wildman–Crippen LogP) is 6.29. The minimum Gasteiger partial charge on any atom is -0.166 e. The van der Waals surface area contributed by atoms with Gasteiger partial charge in [0, 0.05) is 5.33 Å². The molecule has 0 saturated heterocycles. The summed E-state index contributed by atoms with van der Waals surface area (Å²) in [5.74, 6) is 0. The number of rotatable bonds is 2. The van der Waals surface area contributed by atoms with Crippen molar-refractivity contribution in [3.05, 3.63) is 59.2 Å². The lowest BCUT2D eigenvalue weighted by atomic mass is 9.96. The Labute approximate surface area is 130 Å². The van der Waals surface area contributed by atoms with E-state index in [9.17, 15) is 26.3 Å². The van der Waals surface area contributed by atoms with Crippen molar-refractivity contribution in [1.29, 1.82) is 0 Å². The normalized spacial score (nSPS) is 12.5. The van der Waals surface area contributed by atoms with Crippen molar-refractivity contribution in [2.75, 3.05) is 0 Å². The molecule has 0 aromatic heterocycles. The molecule has 2 aromatic rings. The van der Waals surface area contributed by atoms with Gasteiger partial charge in [-0.1, -0.05) is 34.1 Å². The largest absolute Gasteiger partial charge is 0.417 e. The number of hydrogen-bond donors (Lipinski definition) is 0. The summed E-state index contributed by atoms with van der Waals surface area (Å²) in [6, 6.07) is 7.29. The Balaban J connectivity index is 2.65. The van der Waals surface area contributed by atoms with Crippen LogP contribution in [0.25, 0.3) is 11.1 Å². The smallest absolute Gasteiger partial charge is 0.166 e. The summed E-state index contributed by atoms with van der Waals surface area (Å²) in [6.07, 6.45) is -9.25. The average Bonchev–Trinajstić information content (AvgIpc) is 2.45. The van der Waals surface area contributed by atoms with E-state index in [-0.39, 0.29) is 11.1 Å². The highest BCUT2D eigenvalue weighted by molar-refractivity contribution is 9.08. The molecule has 0 radical (unpaired) electrons. The molecule has 0 aliphatic carbocycles. The average molecular weight is 383 g/mol. The molecule has 118 valence electrons. The van der Waals surface area contributed by atoms with Gasteiger partial charge in [0.15, 0.2) is 0 Å². The lowest BCUT2D eigenvalue weighted by Crippen LogP contribution is -2.08. The van der Waals surface area contributed by atoms with Crippen LogP contribution in [0, 0.1) is 0 Å². The number of hydrogen-bond acceptors (Lipinski definition) is 0. The fourth-order valence-electron chi connectivity index (χ4n) is 2.02. The molecule has 0 spiro atoms. The lowest BCUT2D eigenvalue weighted by Gasteiger charge is -2.15. The second kappa shape index (κ2) is 5.95. The summed E-state index contributed by atoms with van der Waals surface area (Å²) >= 11 is 3.12. The fraction of sp³-hybridized carbons (Fsp3) is 0.200. The van der Waals surface area contributed by atoms with Gasteiger partial charge in [-0.25, -0.2) is 0 Å². The van der Waals surface area contributed by atoms with Gasteiger partial charge < -0.3 is 0 Å². The first-order chi connectivity index (χ1) is 10.1. The molecule has 0 atom stereocenters. The van der Waals surface area contributed by atoms with Gasteiger partial charge in [-0.2, -0.15) is 26.3 Å². The van der Waals surface area contributed by atoms with E-state index in [4.69, 9.17) is 0 Å². The highest BCUT2D eigenvalue weighted by Crippen LogP contribution is 2.39. The monoisotopic (exact) mass is 382 g/mol. The molecule has 0 bridgehead atoms. The minimum atomic E-state index is -4.64. The summed E-state index contributed by atoms with van der Waals surface area (Å²) in [6.45, 7) is 0. The Morgan fingerprint density at radius 2 is 1.50 bits per heavy atom. The third kappa shape index (κ3) is 3.63. The van der Waals surface area contributed by atoms with E-state index < -0.39 is 23.5 Å². The zero-order chi connectivity index (χ0) is 16.5. The highest BCUT2D eigenvalue weighted by Gasteiger charge is 2.35. The highest BCUT2D eigenvalue weighted by atomic mass is 79.9. The molecule has 0 saturated carbocycles. The van der Waals surface area contributed by atoms with E-state index in [1.165, 1.54) is 18.2 Å². The Morgan fingerprint density at radius 3 is 2.05 bits per heavy atom. The van der Waals surface area contributed by atoms with Gasteiger partial charge in [-0.3, -0.25) is 0 Å². The second-order valence-electron chi connectivity index (χ2n) is 4.59. The topological polar surface area (TPSA) is 0 Å². The van der Waals surface area contributed by atoms with Gasteiger partial charge in [-0.15, -0.1) is 0 Å². The zero-order valence-electron chi connectivity index (χ0n) is 10.9. The summed E-state index contributed by atoms with van der Waals surface area (Å²) in [4.78, 5) is 0. The Hall–Kier alpha value is -1.50. The standard InChI is InChI=1S/C15H9BrF6/c16-8-9-4-5-13(15(20,21)22)12(6-9)10-2-1-3-11(7-10)14(17,18)19/h1-7H,8H2. The van der Waals surface area contributed by atoms with E-state index in [1.54, 1.807) is 0 Å².